The van der Waals surface area contributed by atoms with Gasteiger partial charge in [0.1, 0.15) is 0 Å². The molecule has 3 N–H and O–H groups in total. The molecule has 0 fully saturated rings. The van der Waals surface area contributed by atoms with Gasteiger partial charge in [-0.15, -0.1) is 10.2 Å². The van der Waals surface area contributed by atoms with Gasteiger partial charge in [-0.3, -0.25) is 4.79 Å². The summed E-state index contributed by atoms with van der Waals surface area (Å²) in [7, 11) is 0. The van der Waals surface area contributed by atoms with Crippen molar-refractivity contribution in [1.29, 1.82) is 0 Å². The first-order valence-electron chi connectivity index (χ1n) is 5.53. The average molecular weight is 334 g/mol. The van der Waals surface area contributed by atoms with E-state index in [9.17, 15) is 18.0 Å². The normalized spacial score (nSPS) is 11.4. The number of halogens is 3. The molecule has 1 aromatic heterocycles. The largest absolute Gasteiger partial charge is 0.416 e. The predicted octanol–water partition coefficient (Wildman–Crippen LogP) is 2.87. The Hall–Kier alpha value is -1.81. The fourth-order valence-electron chi connectivity index (χ4n) is 1.35. The Morgan fingerprint density at radius 3 is 2.48 bits per heavy atom. The monoisotopic (exact) mass is 334 g/mol. The molecule has 5 nitrogen and oxygen atoms in total. The van der Waals surface area contributed by atoms with E-state index >= 15 is 0 Å². The number of amides is 1. The van der Waals surface area contributed by atoms with Crippen molar-refractivity contribution in [2.24, 2.45) is 0 Å². The second kappa shape index (κ2) is 6.31. The Bertz CT molecular complexity index is 627. The zero-order valence-corrected chi connectivity index (χ0v) is 12.0. The topological polar surface area (TPSA) is 80.9 Å². The average Bonchev–Trinajstić information content (AvgIpc) is 2.82. The quantitative estimate of drug-likeness (QED) is 0.840. The van der Waals surface area contributed by atoms with E-state index in [2.05, 4.69) is 15.5 Å². The van der Waals surface area contributed by atoms with E-state index in [1.165, 1.54) is 12.1 Å². The second-order valence-corrected chi connectivity index (χ2v) is 6.05. The number of aromatic nitrogens is 2. The lowest BCUT2D eigenvalue weighted by Crippen LogP contribution is -2.14. The van der Waals surface area contributed by atoms with Crippen LogP contribution in [0.1, 0.15) is 5.56 Å². The molecule has 0 spiro atoms. The predicted molar refractivity (Wildman–Crippen MR) is 75.1 cm³/mol. The number of rotatable bonds is 4. The third-order valence-electron chi connectivity index (χ3n) is 2.24. The number of carbonyl (C=O) groups is 1. The van der Waals surface area contributed by atoms with Crippen LogP contribution < -0.4 is 11.1 Å². The lowest BCUT2D eigenvalue weighted by Gasteiger charge is -2.08. The Balaban J connectivity index is 1.88. The van der Waals surface area contributed by atoms with Gasteiger partial charge in [-0.2, -0.15) is 13.2 Å². The zero-order chi connectivity index (χ0) is 15.5. The molecule has 2 aromatic rings. The number of nitrogen functional groups attached to an aromatic ring is 1. The summed E-state index contributed by atoms with van der Waals surface area (Å²) in [4.78, 5) is 11.6. The Morgan fingerprint density at radius 2 is 1.95 bits per heavy atom. The first kappa shape index (κ1) is 15.6. The third-order valence-corrected chi connectivity index (χ3v) is 4.13. The highest BCUT2D eigenvalue weighted by Crippen LogP contribution is 2.30. The van der Waals surface area contributed by atoms with Gasteiger partial charge < -0.3 is 11.1 Å². The van der Waals surface area contributed by atoms with Gasteiger partial charge in [0, 0.05) is 5.69 Å². The van der Waals surface area contributed by atoms with Gasteiger partial charge in [0.2, 0.25) is 11.0 Å². The highest BCUT2D eigenvalue weighted by atomic mass is 32.2. The smallest absolute Gasteiger partial charge is 0.374 e. The number of alkyl halides is 3. The molecule has 1 amide bonds. The van der Waals surface area contributed by atoms with Gasteiger partial charge in [-0.1, -0.05) is 23.1 Å². The minimum Gasteiger partial charge on any atom is -0.374 e. The number of nitrogens with one attached hydrogen (secondary N) is 1. The molecule has 0 unspecified atom stereocenters. The number of hydrogen-bond donors (Lipinski definition) is 2. The van der Waals surface area contributed by atoms with Crippen LogP contribution in [0.4, 0.5) is 24.0 Å². The number of nitrogens with two attached hydrogens (primary N) is 1. The van der Waals surface area contributed by atoms with E-state index in [-0.39, 0.29) is 11.7 Å². The minimum atomic E-state index is -4.39. The maximum absolute atomic E-state index is 12.4. The summed E-state index contributed by atoms with van der Waals surface area (Å²) in [5.74, 6) is -0.288. The zero-order valence-electron chi connectivity index (χ0n) is 10.3. The van der Waals surface area contributed by atoms with Gasteiger partial charge in [0.05, 0.1) is 11.3 Å². The molecule has 0 saturated carbocycles. The maximum atomic E-state index is 12.4. The summed E-state index contributed by atoms with van der Waals surface area (Å²) in [6, 6.07) is 4.23. The molecular formula is C11H9F3N4OS2. The van der Waals surface area contributed by atoms with Crippen LogP contribution in [0.3, 0.4) is 0 Å². The highest BCUT2D eigenvalue weighted by molar-refractivity contribution is 8.01. The molecule has 0 atom stereocenters. The van der Waals surface area contributed by atoms with Gasteiger partial charge in [0.25, 0.3) is 0 Å². The minimum absolute atomic E-state index is 0.0651. The fourth-order valence-corrected chi connectivity index (χ4v) is 2.78. The van der Waals surface area contributed by atoms with Gasteiger partial charge >= 0.3 is 6.18 Å². The molecule has 0 aliphatic carbocycles. The molecule has 0 saturated heterocycles. The van der Waals surface area contributed by atoms with E-state index in [4.69, 9.17) is 5.73 Å². The van der Waals surface area contributed by atoms with Crippen LogP contribution in [-0.4, -0.2) is 21.9 Å². The van der Waals surface area contributed by atoms with E-state index in [0.29, 0.717) is 15.2 Å². The summed E-state index contributed by atoms with van der Waals surface area (Å²) in [6.07, 6.45) is -4.39. The first-order chi connectivity index (χ1) is 9.84. The van der Waals surface area contributed by atoms with Crippen molar-refractivity contribution >= 4 is 39.8 Å². The van der Waals surface area contributed by atoms with Crippen molar-refractivity contribution in [3.63, 3.8) is 0 Å². The standard InChI is InChI=1S/C11H9F3N4OS2/c12-11(13,14)6-1-3-7(4-2-6)16-8(19)5-20-10-18-17-9(15)21-10/h1-4H,5H2,(H2,15,17)(H,16,19). The van der Waals surface area contributed by atoms with Gasteiger partial charge in [-0.25, -0.2) is 0 Å². The number of thioether (sulfide) groups is 1. The van der Waals surface area contributed by atoms with E-state index in [1.54, 1.807) is 0 Å². The SMILES string of the molecule is Nc1nnc(SCC(=O)Nc2ccc(C(F)(F)F)cc2)s1. The molecule has 1 aromatic carbocycles. The van der Waals surface area contributed by atoms with Crippen molar-refractivity contribution < 1.29 is 18.0 Å². The molecule has 112 valence electrons. The summed E-state index contributed by atoms with van der Waals surface area (Å²) >= 11 is 2.30. The molecule has 0 radical (unpaired) electrons. The van der Waals surface area contributed by atoms with Crippen LogP contribution in [0, 0.1) is 0 Å². The first-order valence-corrected chi connectivity index (χ1v) is 7.34. The molecule has 0 aliphatic heterocycles. The van der Waals surface area contributed by atoms with Crippen molar-refractivity contribution in [2.75, 3.05) is 16.8 Å². The third kappa shape index (κ3) is 4.60. The molecule has 0 bridgehead atoms. The van der Waals surface area contributed by atoms with Crippen LogP contribution in [0.5, 0.6) is 0 Å². The van der Waals surface area contributed by atoms with Crippen LogP contribution in [-0.2, 0) is 11.0 Å². The Morgan fingerprint density at radius 1 is 1.29 bits per heavy atom. The van der Waals surface area contributed by atoms with E-state index in [1.807, 2.05) is 0 Å². The lowest BCUT2D eigenvalue weighted by atomic mass is 10.2. The van der Waals surface area contributed by atoms with Gasteiger partial charge in [0.15, 0.2) is 4.34 Å². The highest BCUT2D eigenvalue weighted by Gasteiger charge is 2.29. The maximum Gasteiger partial charge on any atom is 0.416 e. The molecule has 21 heavy (non-hydrogen) atoms. The number of hydrogen-bond acceptors (Lipinski definition) is 6. The van der Waals surface area contributed by atoms with Crippen molar-refractivity contribution in [2.45, 2.75) is 10.5 Å². The molecule has 1 heterocycles. The van der Waals surface area contributed by atoms with Crippen LogP contribution in [0.15, 0.2) is 28.6 Å². The summed E-state index contributed by atoms with van der Waals surface area (Å²) in [5, 5.41) is 10.1. The molecule has 10 heteroatoms. The van der Waals surface area contributed by atoms with Crippen molar-refractivity contribution in [1.82, 2.24) is 10.2 Å². The molecule has 2 rings (SSSR count). The number of benzene rings is 1. The van der Waals surface area contributed by atoms with Crippen LogP contribution >= 0.6 is 23.1 Å². The van der Waals surface area contributed by atoms with Gasteiger partial charge in [-0.05, 0) is 24.3 Å². The number of anilines is 2. The molecular weight excluding hydrogens is 325 g/mol. The Kier molecular flexibility index (Phi) is 4.68. The van der Waals surface area contributed by atoms with Crippen LogP contribution in [0.2, 0.25) is 0 Å². The lowest BCUT2D eigenvalue weighted by molar-refractivity contribution is -0.137. The Labute approximate surface area is 125 Å². The van der Waals surface area contributed by atoms with E-state index < -0.39 is 11.7 Å². The van der Waals surface area contributed by atoms with Crippen LogP contribution in [0.25, 0.3) is 0 Å². The summed E-state index contributed by atoms with van der Waals surface area (Å²) in [6.45, 7) is 0. The van der Waals surface area contributed by atoms with Crippen molar-refractivity contribution in [3.8, 4) is 0 Å². The number of nitrogens with zero attached hydrogens (tertiary/aromatic N) is 2. The number of carbonyl (C=O) groups excluding carboxylic acids is 1. The van der Waals surface area contributed by atoms with E-state index in [0.717, 1.165) is 35.2 Å². The fraction of sp³-hybridized carbons (Fsp3) is 0.182. The molecule has 0 aliphatic rings. The summed E-state index contributed by atoms with van der Waals surface area (Å²) < 4.78 is 37.7. The second-order valence-electron chi connectivity index (χ2n) is 3.82. The van der Waals surface area contributed by atoms with Crippen molar-refractivity contribution in [3.05, 3.63) is 29.8 Å². The summed E-state index contributed by atoms with van der Waals surface area (Å²) in [5.41, 5.74) is 4.93.